The number of hydrogen-bond acceptors (Lipinski definition) is 4. The number of nitrogens with zero attached hydrogens (tertiary/aromatic N) is 1. The highest BCUT2D eigenvalue weighted by molar-refractivity contribution is 6.02. The van der Waals surface area contributed by atoms with Gasteiger partial charge in [0.2, 0.25) is 5.91 Å². The Balaban J connectivity index is 4.56. The second-order valence-corrected chi connectivity index (χ2v) is 4.93. The molecule has 0 aliphatic carbocycles. The van der Waals surface area contributed by atoms with Gasteiger partial charge < -0.3 is 21.0 Å². The zero-order valence-electron chi connectivity index (χ0n) is 11.2. The number of carbonyl (C=O) groups is 1. The third-order valence-corrected chi connectivity index (χ3v) is 2.62. The van der Waals surface area contributed by atoms with Gasteiger partial charge in [0, 0.05) is 13.7 Å². The Morgan fingerprint density at radius 1 is 1.53 bits per heavy atom. The Hall–Kier alpha value is -1.30. The Bertz CT molecular complexity index is 288. The standard InChI is InChI=1S/C11H23N3O3/c1-7(2)8(9(12)14-16)10(15)13-6-11(3,4)17-5/h7-8,16H,6H2,1-5H3,(H2,12,14)(H,13,15). The fraction of sp³-hybridized carbons (Fsp3) is 0.818. The van der Waals surface area contributed by atoms with Crippen LogP contribution in [-0.2, 0) is 9.53 Å². The summed E-state index contributed by atoms with van der Waals surface area (Å²) in [6, 6.07) is 0. The van der Waals surface area contributed by atoms with Crippen LogP contribution in [0.4, 0.5) is 0 Å². The van der Waals surface area contributed by atoms with E-state index in [2.05, 4.69) is 10.5 Å². The Kier molecular flexibility index (Phi) is 5.95. The van der Waals surface area contributed by atoms with Crippen LogP contribution in [0.3, 0.4) is 0 Å². The van der Waals surface area contributed by atoms with Crippen LogP contribution >= 0.6 is 0 Å². The van der Waals surface area contributed by atoms with E-state index in [0.29, 0.717) is 6.54 Å². The maximum absolute atomic E-state index is 11.9. The minimum atomic E-state index is -0.632. The third-order valence-electron chi connectivity index (χ3n) is 2.62. The van der Waals surface area contributed by atoms with Crippen molar-refractivity contribution in [3.63, 3.8) is 0 Å². The highest BCUT2D eigenvalue weighted by Gasteiger charge is 2.28. The van der Waals surface area contributed by atoms with Crippen molar-refractivity contribution in [2.75, 3.05) is 13.7 Å². The number of methoxy groups -OCH3 is 1. The van der Waals surface area contributed by atoms with Crippen molar-refractivity contribution in [3.8, 4) is 0 Å². The van der Waals surface area contributed by atoms with E-state index in [0.717, 1.165) is 0 Å². The summed E-state index contributed by atoms with van der Waals surface area (Å²) in [4.78, 5) is 11.9. The van der Waals surface area contributed by atoms with Gasteiger partial charge in [-0.05, 0) is 19.8 Å². The maximum Gasteiger partial charge on any atom is 0.231 e. The van der Waals surface area contributed by atoms with E-state index in [-0.39, 0.29) is 17.7 Å². The van der Waals surface area contributed by atoms with Crippen LogP contribution in [-0.4, -0.2) is 36.2 Å². The molecular formula is C11H23N3O3. The summed E-state index contributed by atoms with van der Waals surface area (Å²) >= 11 is 0. The summed E-state index contributed by atoms with van der Waals surface area (Å²) in [6.07, 6.45) is 0. The van der Waals surface area contributed by atoms with Crippen molar-refractivity contribution in [1.82, 2.24) is 5.32 Å². The summed E-state index contributed by atoms with van der Waals surface area (Å²) < 4.78 is 5.19. The molecule has 17 heavy (non-hydrogen) atoms. The van der Waals surface area contributed by atoms with Crippen molar-refractivity contribution in [2.24, 2.45) is 22.7 Å². The minimum Gasteiger partial charge on any atom is -0.409 e. The lowest BCUT2D eigenvalue weighted by Gasteiger charge is -2.25. The monoisotopic (exact) mass is 245 g/mol. The van der Waals surface area contributed by atoms with Crippen LogP contribution in [0.1, 0.15) is 27.7 Å². The molecule has 0 aromatic rings. The van der Waals surface area contributed by atoms with Crippen LogP contribution in [0.2, 0.25) is 0 Å². The van der Waals surface area contributed by atoms with Crippen molar-refractivity contribution >= 4 is 11.7 Å². The molecule has 0 spiro atoms. The van der Waals surface area contributed by atoms with Crippen LogP contribution in [0.15, 0.2) is 5.16 Å². The largest absolute Gasteiger partial charge is 0.409 e. The highest BCUT2D eigenvalue weighted by atomic mass is 16.5. The first-order valence-corrected chi connectivity index (χ1v) is 5.55. The van der Waals surface area contributed by atoms with Crippen LogP contribution in [0.5, 0.6) is 0 Å². The van der Waals surface area contributed by atoms with E-state index < -0.39 is 11.5 Å². The normalized spacial score (nSPS) is 14.8. The van der Waals surface area contributed by atoms with Gasteiger partial charge in [0.1, 0.15) is 5.92 Å². The van der Waals surface area contributed by atoms with Crippen LogP contribution in [0.25, 0.3) is 0 Å². The lowest BCUT2D eigenvalue weighted by atomic mass is 9.93. The zero-order chi connectivity index (χ0) is 13.6. The molecule has 6 nitrogen and oxygen atoms in total. The predicted octanol–water partition coefficient (Wildman–Crippen LogP) is 0.546. The molecule has 0 saturated carbocycles. The van der Waals surface area contributed by atoms with Crippen molar-refractivity contribution in [3.05, 3.63) is 0 Å². The quantitative estimate of drug-likeness (QED) is 0.275. The highest BCUT2D eigenvalue weighted by Crippen LogP contribution is 2.12. The molecule has 6 heteroatoms. The molecule has 0 aliphatic rings. The van der Waals surface area contributed by atoms with Gasteiger partial charge in [-0.2, -0.15) is 0 Å². The molecule has 0 heterocycles. The minimum absolute atomic E-state index is 0.0449. The second-order valence-electron chi connectivity index (χ2n) is 4.93. The molecular weight excluding hydrogens is 222 g/mol. The van der Waals surface area contributed by atoms with E-state index in [1.54, 1.807) is 7.11 Å². The van der Waals surface area contributed by atoms with Gasteiger partial charge in [-0.15, -0.1) is 0 Å². The molecule has 0 fully saturated rings. The second kappa shape index (κ2) is 6.44. The summed E-state index contributed by atoms with van der Waals surface area (Å²) in [5.41, 5.74) is 5.06. The molecule has 0 aromatic heterocycles. The number of carbonyl (C=O) groups excluding carboxylic acids is 1. The molecule has 0 saturated heterocycles. The van der Waals surface area contributed by atoms with Crippen LogP contribution < -0.4 is 11.1 Å². The van der Waals surface area contributed by atoms with Crippen molar-refractivity contribution < 1.29 is 14.7 Å². The molecule has 1 amide bonds. The summed E-state index contributed by atoms with van der Waals surface area (Å²) in [5.74, 6) is -1.02. The average molecular weight is 245 g/mol. The number of hydrogen-bond donors (Lipinski definition) is 3. The number of amides is 1. The molecule has 1 unspecified atom stereocenters. The van der Waals surface area contributed by atoms with Crippen molar-refractivity contribution in [1.29, 1.82) is 0 Å². The lowest BCUT2D eigenvalue weighted by Crippen LogP contribution is -2.46. The summed E-state index contributed by atoms with van der Waals surface area (Å²) in [6.45, 7) is 7.76. The van der Waals surface area contributed by atoms with Crippen LogP contribution in [0, 0.1) is 11.8 Å². The number of amidine groups is 1. The van der Waals surface area contributed by atoms with Gasteiger partial charge >= 0.3 is 0 Å². The first kappa shape index (κ1) is 15.7. The Morgan fingerprint density at radius 2 is 2.06 bits per heavy atom. The first-order valence-electron chi connectivity index (χ1n) is 5.55. The smallest absolute Gasteiger partial charge is 0.231 e. The number of rotatable bonds is 6. The van der Waals surface area contributed by atoms with Gasteiger partial charge in [0.25, 0.3) is 0 Å². The maximum atomic E-state index is 11.9. The molecule has 0 bridgehead atoms. The molecule has 0 aromatic carbocycles. The SMILES string of the molecule is COC(C)(C)CNC(=O)C(C(N)=NO)C(C)C. The van der Waals surface area contributed by atoms with Gasteiger partial charge in [0.05, 0.1) is 5.60 Å². The summed E-state index contributed by atoms with van der Waals surface area (Å²) in [7, 11) is 1.58. The van der Waals surface area contributed by atoms with E-state index in [1.807, 2.05) is 27.7 Å². The third kappa shape index (κ3) is 5.04. The molecule has 4 N–H and O–H groups in total. The topological polar surface area (TPSA) is 96.9 Å². The van der Waals surface area contributed by atoms with E-state index in [1.165, 1.54) is 0 Å². The lowest BCUT2D eigenvalue weighted by molar-refractivity contribution is -0.125. The number of nitrogens with two attached hydrogens (primary N) is 1. The van der Waals surface area contributed by atoms with E-state index in [9.17, 15) is 4.79 Å². The van der Waals surface area contributed by atoms with Gasteiger partial charge in [-0.1, -0.05) is 19.0 Å². The molecule has 100 valence electrons. The van der Waals surface area contributed by atoms with Crippen molar-refractivity contribution in [2.45, 2.75) is 33.3 Å². The first-order chi connectivity index (χ1) is 7.75. The Labute approximate surface area is 102 Å². The number of nitrogens with one attached hydrogen (secondary N) is 1. The van der Waals surface area contributed by atoms with Gasteiger partial charge in [0.15, 0.2) is 5.84 Å². The Morgan fingerprint density at radius 3 is 2.41 bits per heavy atom. The van der Waals surface area contributed by atoms with E-state index >= 15 is 0 Å². The number of ether oxygens (including phenoxy) is 1. The molecule has 0 rings (SSSR count). The van der Waals surface area contributed by atoms with Gasteiger partial charge in [-0.25, -0.2) is 0 Å². The fourth-order valence-electron chi connectivity index (χ4n) is 1.32. The summed E-state index contributed by atoms with van der Waals surface area (Å²) in [5, 5.41) is 14.3. The van der Waals surface area contributed by atoms with E-state index in [4.69, 9.17) is 15.7 Å². The molecule has 0 aliphatic heterocycles. The predicted molar refractivity (Wildman–Crippen MR) is 65.8 cm³/mol. The molecule has 1 atom stereocenters. The number of oxime groups is 1. The average Bonchev–Trinajstić information content (AvgIpc) is 2.26. The molecule has 0 radical (unpaired) electrons. The fourth-order valence-corrected chi connectivity index (χ4v) is 1.32. The van der Waals surface area contributed by atoms with Gasteiger partial charge in [-0.3, -0.25) is 4.79 Å². The zero-order valence-corrected chi connectivity index (χ0v) is 11.2.